The third kappa shape index (κ3) is 1.94. The van der Waals surface area contributed by atoms with Crippen molar-refractivity contribution < 1.29 is 4.79 Å². The lowest BCUT2D eigenvalue weighted by Gasteiger charge is -2.19. The molecule has 0 aliphatic carbocycles. The van der Waals surface area contributed by atoms with Crippen molar-refractivity contribution in [3.05, 3.63) is 5.01 Å². The van der Waals surface area contributed by atoms with Crippen LogP contribution in [0.4, 0.5) is 5.13 Å². The highest BCUT2D eigenvalue weighted by molar-refractivity contribution is 7.17. The first kappa shape index (κ1) is 10.4. The van der Waals surface area contributed by atoms with Gasteiger partial charge >= 0.3 is 0 Å². The van der Waals surface area contributed by atoms with Gasteiger partial charge in [0.05, 0.1) is 0 Å². The molecule has 5 nitrogen and oxygen atoms in total. The Morgan fingerprint density at radius 3 is 2.93 bits per heavy atom. The van der Waals surface area contributed by atoms with Gasteiger partial charge in [-0.2, -0.15) is 0 Å². The molecular formula is C9H14N4OS. The number of nitrogens with zero attached hydrogens (tertiary/aromatic N) is 3. The molecule has 0 bridgehead atoms. The van der Waals surface area contributed by atoms with Crippen LogP contribution >= 0.6 is 11.3 Å². The molecule has 0 aromatic carbocycles. The molecule has 0 radical (unpaired) electrons. The summed E-state index contributed by atoms with van der Waals surface area (Å²) in [5, 5.41) is 11.8. The van der Waals surface area contributed by atoms with Gasteiger partial charge in [-0.1, -0.05) is 11.3 Å². The van der Waals surface area contributed by atoms with Gasteiger partial charge in [0.15, 0.2) is 0 Å². The summed E-state index contributed by atoms with van der Waals surface area (Å²) in [7, 11) is 1.77. The van der Waals surface area contributed by atoms with Gasteiger partial charge in [0.1, 0.15) is 0 Å². The lowest BCUT2D eigenvalue weighted by Crippen LogP contribution is -2.33. The summed E-state index contributed by atoms with van der Waals surface area (Å²) in [6.45, 7) is 2.92. The second-order valence-corrected chi connectivity index (χ2v) is 4.63. The highest BCUT2D eigenvalue weighted by Gasteiger charge is 2.28. The minimum Gasteiger partial charge on any atom is -0.363 e. The van der Waals surface area contributed by atoms with E-state index in [4.69, 9.17) is 0 Å². The molecule has 1 aliphatic heterocycles. The molecule has 1 fully saturated rings. The maximum absolute atomic E-state index is 12.0. The molecule has 2 heterocycles. The largest absolute Gasteiger partial charge is 0.363 e. The number of amides is 1. The quantitative estimate of drug-likeness (QED) is 0.823. The van der Waals surface area contributed by atoms with Crippen molar-refractivity contribution in [1.82, 2.24) is 15.1 Å². The molecule has 0 saturated carbocycles. The number of aromatic nitrogens is 2. The van der Waals surface area contributed by atoms with E-state index < -0.39 is 0 Å². The molecule has 15 heavy (non-hydrogen) atoms. The van der Waals surface area contributed by atoms with Gasteiger partial charge in [-0.15, -0.1) is 10.2 Å². The van der Waals surface area contributed by atoms with Crippen LogP contribution in [-0.2, 0) is 0 Å². The van der Waals surface area contributed by atoms with E-state index in [0.717, 1.165) is 19.4 Å². The van der Waals surface area contributed by atoms with E-state index in [0.29, 0.717) is 16.2 Å². The van der Waals surface area contributed by atoms with Crippen molar-refractivity contribution in [1.29, 1.82) is 0 Å². The van der Waals surface area contributed by atoms with Crippen molar-refractivity contribution in [2.75, 3.05) is 18.9 Å². The SMILES string of the molecule is CNc1nnc(C(=O)N2CCCC2C)s1. The molecule has 1 saturated heterocycles. The number of likely N-dealkylation sites (tertiary alicyclic amines) is 1. The van der Waals surface area contributed by atoms with Gasteiger partial charge in [0.25, 0.3) is 5.91 Å². The smallest absolute Gasteiger partial charge is 0.285 e. The van der Waals surface area contributed by atoms with E-state index in [9.17, 15) is 4.79 Å². The molecule has 2 rings (SSSR count). The fraction of sp³-hybridized carbons (Fsp3) is 0.667. The molecule has 1 aliphatic rings. The summed E-state index contributed by atoms with van der Waals surface area (Å²) in [5.74, 6) is 0.0130. The lowest BCUT2D eigenvalue weighted by atomic mass is 10.2. The van der Waals surface area contributed by atoms with Crippen LogP contribution in [0.1, 0.15) is 29.6 Å². The van der Waals surface area contributed by atoms with Crippen molar-refractivity contribution in [2.45, 2.75) is 25.8 Å². The van der Waals surface area contributed by atoms with Crippen LogP contribution in [0.5, 0.6) is 0 Å². The summed E-state index contributed by atoms with van der Waals surface area (Å²) >= 11 is 1.31. The monoisotopic (exact) mass is 226 g/mol. The predicted octanol–water partition coefficient (Wildman–Crippen LogP) is 1.20. The number of hydrogen-bond acceptors (Lipinski definition) is 5. The van der Waals surface area contributed by atoms with Crippen LogP contribution in [-0.4, -0.2) is 40.6 Å². The Morgan fingerprint density at radius 2 is 2.40 bits per heavy atom. The average Bonchev–Trinajstić information content (AvgIpc) is 2.84. The Kier molecular flexibility index (Phi) is 2.86. The second-order valence-electron chi connectivity index (χ2n) is 3.65. The third-order valence-corrected chi connectivity index (χ3v) is 3.56. The second kappa shape index (κ2) is 4.14. The maximum atomic E-state index is 12.0. The molecule has 0 spiro atoms. The van der Waals surface area contributed by atoms with Crippen LogP contribution in [0, 0.1) is 0 Å². The molecule has 82 valence electrons. The van der Waals surface area contributed by atoms with Gasteiger partial charge < -0.3 is 10.2 Å². The van der Waals surface area contributed by atoms with Gasteiger partial charge in [-0.25, -0.2) is 0 Å². The van der Waals surface area contributed by atoms with Crippen LogP contribution in [0.2, 0.25) is 0 Å². The van der Waals surface area contributed by atoms with Crippen molar-refractivity contribution in [3.8, 4) is 0 Å². The van der Waals surface area contributed by atoms with Crippen molar-refractivity contribution in [2.24, 2.45) is 0 Å². The van der Waals surface area contributed by atoms with E-state index >= 15 is 0 Å². The molecule has 1 amide bonds. The Morgan fingerprint density at radius 1 is 1.60 bits per heavy atom. The maximum Gasteiger partial charge on any atom is 0.285 e. The topological polar surface area (TPSA) is 58.1 Å². The van der Waals surface area contributed by atoms with Crippen molar-refractivity contribution in [3.63, 3.8) is 0 Å². The van der Waals surface area contributed by atoms with Crippen LogP contribution in [0.15, 0.2) is 0 Å². The van der Waals surface area contributed by atoms with Gasteiger partial charge in [0.2, 0.25) is 10.1 Å². The van der Waals surface area contributed by atoms with Crippen LogP contribution in [0.3, 0.4) is 0 Å². The molecular weight excluding hydrogens is 212 g/mol. The first-order valence-corrected chi connectivity index (χ1v) is 5.86. The highest BCUT2D eigenvalue weighted by Crippen LogP contribution is 2.22. The van der Waals surface area contributed by atoms with E-state index in [2.05, 4.69) is 22.4 Å². The predicted molar refractivity (Wildman–Crippen MR) is 59.2 cm³/mol. The third-order valence-electron chi connectivity index (χ3n) is 2.64. The fourth-order valence-electron chi connectivity index (χ4n) is 1.77. The standard InChI is InChI=1S/C9H14N4OS/c1-6-4-3-5-13(6)8(14)7-11-12-9(10-2)15-7/h6H,3-5H2,1-2H3,(H,10,12). The average molecular weight is 226 g/mol. The number of rotatable bonds is 2. The van der Waals surface area contributed by atoms with E-state index in [-0.39, 0.29) is 5.91 Å². The minimum atomic E-state index is 0.0130. The van der Waals surface area contributed by atoms with Crippen LogP contribution in [0.25, 0.3) is 0 Å². The molecule has 1 aromatic heterocycles. The zero-order chi connectivity index (χ0) is 10.8. The summed E-state index contributed by atoms with van der Waals surface area (Å²) in [5.41, 5.74) is 0. The summed E-state index contributed by atoms with van der Waals surface area (Å²) in [6.07, 6.45) is 2.17. The number of anilines is 1. The van der Waals surface area contributed by atoms with Gasteiger partial charge in [-0.3, -0.25) is 4.79 Å². The molecule has 1 unspecified atom stereocenters. The Balaban J connectivity index is 2.13. The fourth-order valence-corrected chi connectivity index (χ4v) is 2.42. The van der Waals surface area contributed by atoms with Gasteiger partial charge in [0, 0.05) is 19.6 Å². The van der Waals surface area contributed by atoms with Gasteiger partial charge in [-0.05, 0) is 19.8 Å². The highest BCUT2D eigenvalue weighted by atomic mass is 32.1. The Hall–Kier alpha value is -1.17. The summed E-state index contributed by atoms with van der Waals surface area (Å²) in [4.78, 5) is 13.9. The van der Waals surface area contributed by atoms with Crippen molar-refractivity contribution >= 4 is 22.4 Å². The van der Waals surface area contributed by atoms with E-state index in [1.54, 1.807) is 7.05 Å². The molecule has 6 heteroatoms. The lowest BCUT2D eigenvalue weighted by molar-refractivity contribution is 0.0746. The molecule has 1 atom stereocenters. The van der Waals surface area contributed by atoms with Crippen LogP contribution < -0.4 is 5.32 Å². The Bertz CT molecular complexity index is 365. The zero-order valence-electron chi connectivity index (χ0n) is 8.86. The first-order chi connectivity index (χ1) is 7.22. The molecule has 1 aromatic rings. The number of nitrogens with one attached hydrogen (secondary N) is 1. The molecule has 1 N–H and O–H groups in total. The zero-order valence-corrected chi connectivity index (χ0v) is 9.67. The number of carbonyl (C=O) groups excluding carboxylic acids is 1. The van der Waals surface area contributed by atoms with E-state index in [1.807, 2.05) is 4.90 Å². The Labute approximate surface area is 92.5 Å². The minimum absolute atomic E-state index is 0.0130. The van der Waals surface area contributed by atoms with E-state index in [1.165, 1.54) is 11.3 Å². The number of hydrogen-bond donors (Lipinski definition) is 1. The summed E-state index contributed by atoms with van der Waals surface area (Å²) in [6, 6.07) is 0.333. The number of carbonyl (C=O) groups is 1. The summed E-state index contributed by atoms with van der Waals surface area (Å²) < 4.78 is 0. The normalized spacial score (nSPS) is 20.7. The first-order valence-electron chi connectivity index (χ1n) is 5.04.